The number of carboxylic acids is 1. The lowest BCUT2D eigenvalue weighted by Crippen LogP contribution is -2.34. The number of nitro benzene ring substituents is 1. The molecule has 0 fully saturated rings. The summed E-state index contributed by atoms with van der Waals surface area (Å²) in [5.41, 5.74) is 0.457. The normalized spacial score (nSPS) is 11.1. The molecule has 0 aliphatic heterocycles. The van der Waals surface area contributed by atoms with Gasteiger partial charge >= 0.3 is 12.1 Å². The highest BCUT2D eigenvalue weighted by Crippen LogP contribution is 2.32. The Kier molecular flexibility index (Phi) is 5.73. The van der Waals surface area contributed by atoms with Crippen LogP contribution in [0.4, 0.5) is 21.9 Å². The molecule has 0 spiro atoms. The lowest BCUT2D eigenvalue weighted by molar-refractivity contribution is -0.384. The van der Waals surface area contributed by atoms with Crippen molar-refractivity contribution in [2.75, 3.05) is 4.90 Å². The minimum Gasteiger partial charge on any atom is -0.478 e. The van der Waals surface area contributed by atoms with Crippen molar-refractivity contribution in [1.29, 1.82) is 0 Å². The average Bonchev–Trinajstić information content (AvgIpc) is 3.18. The SMILES string of the molecule is CC(C)(C)OC(=O)N(c1cccc([N+](=O)[O-])c1)c1ccnc(-c2cc(C(=O)O)c[nH]2)c1. The van der Waals surface area contributed by atoms with E-state index in [-0.39, 0.29) is 16.9 Å². The number of benzene rings is 1. The van der Waals surface area contributed by atoms with Crippen LogP contribution in [0.15, 0.2) is 54.9 Å². The fourth-order valence-electron chi connectivity index (χ4n) is 2.78. The second-order valence-electron chi connectivity index (χ2n) is 7.60. The van der Waals surface area contributed by atoms with E-state index < -0.39 is 22.6 Å². The van der Waals surface area contributed by atoms with Crippen LogP contribution in [0.1, 0.15) is 31.1 Å². The first-order chi connectivity index (χ1) is 14.5. The van der Waals surface area contributed by atoms with Crippen molar-refractivity contribution in [3.05, 3.63) is 70.5 Å². The van der Waals surface area contributed by atoms with Gasteiger partial charge < -0.3 is 14.8 Å². The van der Waals surface area contributed by atoms with Gasteiger partial charge in [0.05, 0.1) is 33.2 Å². The number of hydrogen-bond donors (Lipinski definition) is 2. The van der Waals surface area contributed by atoms with Crippen LogP contribution < -0.4 is 4.90 Å². The van der Waals surface area contributed by atoms with Crippen LogP contribution in [0.5, 0.6) is 0 Å². The van der Waals surface area contributed by atoms with Gasteiger partial charge in [0.1, 0.15) is 5.60 Å². The van der Waals surface area contributed by atoms with Gasteiger partial charge in [-0.2, -0.15) is 0 Å². The number of carbonyl (C=O) groups excluding carboxylic acids is 1. The van der Waals surface area contributed by atoms with E-state index in [4.69, 9.17) is 9.84 Å². The van der Waals surface area contributed by atoms with E-state index in [1.54, 1.807) is 39.0 Å². The summed E-state index contributed by atoms with van der Waals surface area (Å²) >= 11 is 0. The van der Waals surface area contributed by atoms with E-state index >= 15 is 0 Å². The summed E-state index contributed by atoms with van der Waals surface area (Å²) in [7, 11) is 0. The zero-order valence-corrected chi connectivity index (χ0v) is 17.0. The molecule has 0 saturated heterocycles. The van der Waals surface area contributed by atoms with Gasteiger partial charge in [-0.05, 0) is 45.0 Å². The lowest BCUT2D eigenvalue weighted by atomic mass is 10.2. The van der Waals surface area contributed by atoms with Gasteiger partial charge in [0.25, 0.3) is 5.69 Å². The highest BCUT2D eigenvalue weighted by atomic mass is 16.6. The number of pyridine rings is 1. The zero-order chi connectivity index (χ0) is 22.8. The van der Waals surface area contributed by atoms with Crippen LogP contribution in [-0.4, -0.2) is 37.7 Å². The maximum Gasteiger partial charge on any atom is 0.419 e. The lowest BCUT2D eigenvalue weighted by Gasteiger charge is -2.27. The minimum absolute atomic E-state index is 0.0601. The van der Waals surface area contributed by atoms with Crippen LogP contribution in [0, 0.1) is 10.1 Å². The van der Waals surface area contributed by atoms with Gasteiger partial charge in [-0.25, -0.2) is 14.5 Å². The van der Waals surface area contributed by atoms with Crippen LogP contribution in [0.3, 0.4) is 0 Å². The number of aromatic nitrogens is 2. The Morgan fingerprint density at radius 1 is 1.16 bits per heavy atom. The molecule has 1 aromatic carbocycles. The Labute approximate surface area is 177 Å². The molecule has 3 rings (SSSR count). The fraction of sp³-hybridized carbons (Fsp3) is 0.190. The summed E-state index contributed by atoms with van der Waals surface area (Å²) in [5, 5.41) is 20.3. The van der Waals surface area contributed by atoms with E-state index in [1.165, 1.54) is 41.6 Å². The first-order valence-electron chi connectivity index (χ1n) is 9.21. The second kappa shape index (κ2) is 8.27. The number of nitrogens with zero attached hydrogens (tertiary/aromatic N) is 3. The number of ether oxygens (including phenoxy) is 1. The molecule has 2 N–H and O–H groups in total. The third-order valence-corrected chi connectivity index (χ3v) is 4.08. The summed E-state index contributed by atoms with van der Waals surface area (Å²) in [4.78, 5) is 43.1. The number of anilines is 2. The predicted octanol–water partition coefficient (Wildman–Crippen LogP) is 4.76. The van der Waals surface area contributed by atoms with Crippen LogP contribution in [0.25, 0.3) is 11.4 Å². The Bertz CT molecular complexity index is 1150. The number of aromatic amines is 1. The molecule has 0 unspecified atom stereocenters. The highest BCUT2D eigenvalue weighted by Gasteiger charge is 2.26. The number of H-pyrrole nitrogens is 1. The van der Waals surface area contributed by atoms with Crippen LogP contribution >= 0.6 is 0 Å². The van der Waals surface area contributed by atoms with Crippen molar-refractivity contribution in [2.45, 2.75) is 26.4 Å². The molecule has 0 aliphatic rings. The Morgan fingerprint density at radius 2 is 1.87 bits per heavy atom. The number of carboxylic acid groups (broad SMARTS) is 1. The summed E-state index contributed by atoms with van der Waals surface area (Å²) in [6.45, 7) is 5.13. The number of nitro groups is 1. The third kappa shape index (κ3) is 5.04. The number of non-ortho nitro benzene ring substituents is 1. The van der Waals surface area contributed by atoms with Crippen molar-refractivity contribution in [2.24, 2.45) is 0 Å². The molecule has 0 bridgehead atoms. The molecule has 31 heavy (non-hydrogen) atoms. The number of rotatable bonds is 5. The predicted molar refractivity (Wildman–Crippen MR) is 112 cm³/mol. The smallest absolute Gasteiger partial charge is 0.419 e. The standard InChI is InChI=1S/C21H20N4O6/c1-21(2,3)31-20(28)24(14-5-4-6-16(10-14)25(29)30)15-7-8-22-18(11-15)17-9-13(12-23-17)19(26)27/h4-12,23H,1-3H3,(H,26,27). The van der Waals surface area contributed by atoms with Crippen molar-refractivity contribution in [3.8, 4) is 11.4 Å². The maximum absolute atomic E-state index is 13.0. The largest absolute Gasteiger partial charge is 0.478 e. The van der Waals surface area contributed by atoms with Crippen molar-refractivity contribution < 1.29 is 24.4 Å². The topological polar surface area (TPSA) is 139 Å². The maximum atomic E-state index is 13.0. The van der Waals surface area contributed by atoms with Crippen LogP contribution in [-0.2, 0) is 4.74 Å². The van der Waals surface area contributed by atoms with Crippen molar-refractivity contribution >= 4 is 29.1 Å². The Hall–Kier alpha value is -4.21. The quantitative estimate of drug-likeness (QED) is 0.445. The molecule has 1 amide bonds. The van der Waals surface area contributed by atoms with Gasteiger partial charge in [0.2, 0.25) is 0 Å². The molecule has 0 aliphatic carbocycles. The number of hydrogen-bond acceptors (Lipinski definition) is 6. The third-order valence-electron chi connectivity index (χ3n) is 4.08. The van der Waals surface area contributed by atoms with Gasteiger partial charge in [-0.3, -0.25) is 15.1 Å². The highest BCUT2D eigenvalue weighted by molar-refractivity contribution is 5.97. The summed E-state index contributed by atoms with van der Waals surface area (Å²) < 4.78 is 5.50. The fourth-order valence-corrected chi connectivity index (χ4v) is 2.78. The molecule has 10 nitrogen and oxygen atoms in total. The summed E-state index contributed by atoms with van der Waals surface area (Å²) in [6, 6.07) is 10.1. The van der Waals surface area contributed by atoms with Gasteiger partial charge in [-0.1, -0.05) is 6.07 Å². The van der Waals surface area contributed by atoms with Gasteiger partial charge in [0, 0.05) is 24.5 Å². The summed E-state index contributed by atoms with van der Waals surface area (Å²) in [5.74, 6) is -1.09. The van der Waals surface area contributed by atoms with E-state index in [9.17, 15) is 19.7 Å². The molecule has 10 heteroatoms. The molecule has 0 saturated carbocycles. The molecular formula is C21H20N4O6. The average molecular weight is 424 g/mol. The number of amides is 1. The van der Waals surface area contributed by atoms with Crippen LogP contribution in [0.2, 0.25) is 0 Å². The molecule has 0 radical (unpaired) electrons. The first-order valence-corrected chi connectivity index (χ1v) is 9.21. The van der Waals surface area contributed by atoms with E-state index in [2.05, 4.69) is 9.97 Å². The zero-order valence-electron chi connectivity index (χ0n) is 17.0. The number of aromatic carboxylic acids is 1. The van der Waals surface area contributed by atoms with Crippen molar-refractivity contribution in [3.63, 3.8) is 0 Å². The molecule has 2 heterocycles. The molecule has 3 aromatic rings. The van der Waals surface area contributed by atoms with E-state index in [0.29, 0.717) is 17.1 Å². The molecule has 160 valence electrons. The Morgan fingerprint density at radius 3 is 2.48 bits per heavy atom. The van der Waals surface area contributed by atoms with Gasteiger partial charge in [0.15, 0.2) is 0 Å². The summed E-state index contributed by atoms with van der Waals surface area (Å²) in [6.07, 6.45) is 2.04. The molecular weight excluding hydrogens is 404 g/mol. The first kappa shape index (κ1) is 21.5. The molecule has 2 aromatic heterocycles. The van der Waals surface area contributed by atoms with E-state index in [0.717, 1.165) is 0 Å². The molecule has 0 atom stereocenters. The minimum atomic E-state index is -1.09. The second-order valence-corrected chi connectivity index (χ2v) is 7.60. The van der Waals surface area contributed by atoms with Crippen molar-refractivity contribution in [1.82, 2.24) is 9.97 Å². The van der Waals surface area contributed by atoms with E-state index in [1.807, 2.05) is 0 Å². The monoisotopic (exact) mass is 424 g/mol. The number of carbonyl (C=O) groups is 2. The Balaban J connectivity index is 2.09. The van der Waals surface area contributed by atoms with Gasteiger partial charge in [-0.15, -0.1) is 0 Å². The number of nitrogens with one attached hydrogen (secondary N) is 1.